The average Bonchev–Trinajstić information content (AvgIpc) is 2.74. The molecule has 0 radical (unpaired) electrons. The lowest BCUT2D eigenvalue weighted by molar-refractivity contribution is 0.200. The van der Waals surface area contributed by atoms with E-state index >= 15 is 0 Å². The molecule has 1 atom stereocenters. The highest BCUT2D eigenvalue weighted by molar-refractivity contribution is 7.89. The molecule has 0 saturated heterocycles. The van der Waals surface area contributed by atoms with Gasteiger partial charge in [-0.15, -0.1) is 0 Å². The quantitative estimate of drug-likeness (QED) is 0.350. The molecule has 2 aromatic carbocycles. The van der Waals surface area contributed by atoms with Crippen LogP contribution in [-0.4, -0.2) is 38.9 Å². The van der Waals surface area contributed by atoms with Crippen molar-refractivity contribution in [2.24, 2.45) is 0 Å². The third kappa shape index (κ3) is 8.21. The molecule has 1 unspecified atom stereocenters. The minimum Gasteiger partial charge on any atom is -0.457 e. The van der Waals surface area contributed by atoms with Gasteiger partial charge in [-0.05, 0) is 77.4 Å². The van der Waals surface area contributed by atoms with Crippen molar-refractivity contribution < 1.29 is 31.6 Å². The maximum Gasteiger partial charge on any atom is 0.418 e. The SMILES string of the molecule is CCOP(=O)(OCC)C(=O)NC(C)(C)CC(C)NS(=O)(=O)c1ccc(Oc2ccccc2)cc1. The number of amides is 1. The summed E-state index contributed by atoms with van der Waals surface area (Å²) in [6, 6.07) is 14.7. The second-order valence-corrected chi connectivity index (χ2v) is 11.9. The number of nitrogens with one attached hydrogen (secondary N) is 2. The average molecular weight is 513 g/mol. The zero-order valence-corrected chi connectivity index (χ0v) is 21.8. The van der Waals surface area contributed by atoms with Crippen molar-refractivity contribution in [3.05, 3.63) is 54.6 Å². The summed E-state index contributed by atoms with van der Waals surface area (Å²) in [5, 5.41) is 2.65. The van der Waals surface area contributed by atoms with E-state index in [4.69, 9.17) is 13.8 Å². The van der Waals surface area contributed by atoms with Crippen LogP contribution in [0.2, 0.25) is 0 Å². The maximum absolute atomic E-state index is 12.8. The predicted molar refractivity (Wildman–Crippen MR) is 131 cm³/mol. The van der Waals surface area contributed by atoms with Crippen molar-refractivity contribution in [1.29, 1.82) is 0 Å². The van der Waals surface area contributed by atoms with Crippen molar-refractivity contribution in [2.75, 3.05) is 13.2 Å². The number of para-hydroxylation sites is 1. The second-order valence-electron chi connectivity index (χ2n) is 8.26. The van der Waals surface area contributed by atoms with Crippen molar-refractivity contribution in [3.8, 4) is 11.5 Å². The number of rotatable bonds is 13. The molecule has 0 aliphatic carbocycles. The third-order valence-electron chi connectivity index (χ3n) is 4.58. The van der Waals surface area contributed by atoms with Crippen molar-refractivity contribution in [3.63, 3.8) is 0 Å². The lowest BCUT2D eigenvalue weighted by Gasteiger charge is -2.30. The van der Waals surface area contributed by atoms with Crippen LogP contribution in [0.5, 0.6) is 11.5 Å². The van der Waals surface area contributed by atoms with Crippen LogP contribution in [0.1, 0.15) is 41.0 Å². The molecule has 2 N–H and O–H groups in total. The van der Waals surface area contributed by atoms with E-state index in [-0.39, 0.29) is 24.5 Å². The standard InChI is InChI=1S/C23H33N2O7PS/c1-6-30-33(27,31-7-2)22(26)24-23(4,5)17-18(3)25-34(28,29)21-15-13-20(14-16-21)32-19-11-9-8-10-12-19/h8-16,18,25H,6-7,17H2,1-5H3,(H,24,26). The number of ether oxygens (including phenoxy) is 1. The van der Waals surface area contributed by atoms with Gasteiger partial charge in [0.05, 0.1) is 18.1 Å². The first kappa shape index (κ1) is 28.0. The largest absolute Gasteiger partial charge is 0.457 e. The van der Waals surface area contributed by atoms with Gasteiger partial charge < -0.3 is 19.1 Å². The molecule has 0 bridgehead atoms. The molecule has 2 aromatic rings. The summed E-state index contributed by atoms with van der Waals surface area (Å²) in [5.41, 5.74) is -1.75. The second kappa shape index (κ2) is 12.0. The fourth-order valence-electron chi connectivity index (χ4n) is 3.35. The molecule has 0 heterocycles. The highest BCUT2D eigenvalue weighted by Gasteiger charge is 2.38. The summed E-state index contributed by atoms with van der Waals surface area (Å²) < 4.78 is 56.7. The molecule has 0 aliphatic heterocycles. The third-order valence-corrected chi connectivity index (χ3v) is 7.99. The van der Waals surface area contributed by atoms with E-state index in [0.717, 1.165) is 0 Å². The molecule has 0 aliphatic rings. The van der Waals surface area contributed by atoms with Crippen molar-refractivity contribution in [1.82, 2.24) is 10.0 Å². The number of hydrogen-bond donors (Lipinski definition) is 2. The zero-order chi connectivity index (χ0) is 25.4. The van der Waals surface area contributed by atoms with Gasteiger partial charge in [0.15, 0.2) is 0 Å². The topological polar surface area (TPSA) is 120 Å². The summed E-state index contributed by atoms with van der Waals surface area (Å²) >= 11 is 0. The number of benzene rings is 2. The van der Waals surface area contributed by atoms with E-state index in [0.29, 0.717) is 11.5 Å². The Morgan fingerprint density at radius 3 is 2.03 bits per heavy atom. The van der Waals surface area contributed by atoms with Gasteiger partial charge in [-0.3, -0.25) is 4.79 Å². The Labute approximate surface area is 201 Å². The van der Waals surface area contributed by atoms with Crippen LogP contribution in [0.3, 0.4) is 0 Å². The van der Waals surface area contributed by atoms with E-state index < -0.39 is 34.8 Å². The van der Waals surface area contributed by atoms with E-state index in [9.17, 15) is 17.8 Å². The molecule has 11 heteroatoms. The first-order valence-corrected chi connectivity index (χ1v) is 14.0. The van der Waals surface area contributed by atoms with Gasteiger partial charge in [0.1, 0.15) is 11.5 Å². The highest BCUT2D eigenvalue weighted by Crippen LogP contribution is 2.49. The molecule has 1 amide bonds. The molecule has 0 saturated carbocycles. The molecule has 34 heavy (non-hydrogen) atoms. The summed E-state index contributed by atoms with van der Waals surface area (Å²) in [7, 11) is -7.79. The number of carbonyl (C=O) groups is 1. The fourth-order valence-corrected chi connectivity index (χ4v) is 6.03. The van der Waals surface area contributed by atoms with Gasteiger partial charge >= 0.3 is 13.2 Å². The Morgan fingerprint density at radius 2 is 1.50 bits per heavy atom. The van der Waals surface area contributed by atoms with Gasteiger partial charge in [-0.25, -0.2) is 17.7 Å². The number of carbonyl (C=O) groups excluding carboxylic acids is 1. The predicted octanol–water partition coefficient (Wildman–Crippen LogP) is 5.29. The van der Waals surface area contributed by atoms with E-state index in [1.165, 1.54) is 12.1 Å². The monoisotopic (exact) mass is 512 g/mol. The normalized spacial score (nSPS) is 13.3. The Hall–Kier alpha value is -2.23. The van der Waals surface area contributed by atoms with Crippen LogP contribution in [0.4, 0.5) is 4.79 Å². The molecule has 9 nitrogen and oxygen atoms in total. The Kier molecular flexibility index (Phi) is 9.84. The van der Waals surface area contributed by atoms with Crippen molar-refractivity contribution in [2.45, 2.75) is 57.5 Å². The molecule has 0 spiro atoms. The van der Waals surface area contributed by atoms with Crippen LogP contribution in [-0.2, 0) is 23.6 Å². The Morgan fingerprint density at radius 1 is 0.971 bits per heavy atom. The summed E-state index contributed by atoms with van der Waals surface area (Å²) in [4.78, 5) is 12.6. The molecule has 0 aromatic heterocycles. The molecule has 188 valence electrons. The lowest BCUT2D eigenvalue weighted by atomic mass is 9.97. The number of sulfonamides is 1. The van der Waals surface area contributed by atoms with Gasteiger partial charge in [0.2, 0.25) is 10.0 Å². The maximum atomic E-state index is 12.8. The highest BCUT2D eigenvalue weighted by atomic mass is 32.2. The summed E-state index contributed by atoms with van der Waals surface area (Å²) in [6.45, 7) is 8.42. The van der Waals surface area contributed by atoms with E-state index in [1.54, 1.807) is 58.9 Å². The smallest absolute Gasteiger partial charge is 0.418 e. The van der Waals surface area contributed by atoms with Gasteiger partial charge in [0, 0.05) is 11.6 Å². The summed E-state index contributed by atoms with van der Waals surface area (Å²) in [5.74, 6) is 1.16. The van der Waals surface area contributed by atoms with Crippen LogP contribution >= 0.6 is 7.60 Å². The Bertz CT molecular complexity index is 1080. The minimum absolute atomic E-state index is 0.0521. The van der Waals surface area contributed by atoms with E-state index in [1.807, 2.05) is 18.2 Å². The van der Waals surface area contributed by atoms with Crippen LogP contribution in [0.15, 0.2) is 59.5 Å². The zero-order valence-electron chi connectivity index (χ0n) is 20.1. The van der Waals surface area contributed by atoms with Gasteiger partial charge in [-0.1, -0.05) is 18.2 Å². The summed E-state index contributed by atoms with van der Waals surface area (Å²) in [6.07, 6.45) is 0.228. The van der Waals surface area contributed by atoms with Crippen LogP contribution < -0.4 is 14.8 Å². The number of hydrogen-bond acceptors (Lipinski definition) is 7. The van der Waals surface area contributed by atoms with E-state index in [2.05, 4.69) is 10.0 Å². The molecule has 2 rings (SSSR count). The Balaban J connectivity index is 2.01. The fraction of sp³-hybridized carbons (Fsp3) is 0.435. The van der Waals surface area contributed by atoms with Crippen molar-refractivity contribution >= 4 is 23.3 Å². The van der Waals surface area contributed by atoms with Gasteiger partial charge in [-0.2, -0.15) is 0 Å². The first-order chi connectivity index (χ1) is 15.9. The van der Waals surface area contributed by atoms with Crippen LogP contribution in [0.25, 0.3) is 0 Å². The lowest BCUT2D eigenvalue weighted by Crippen LogP contribution is -2.48. The minimum atomic E-state index is -3.97. The van der Waals surface area contributed by atoms with Crippen LogP contribution in [0, 0.1) is 0 Å². The molecular formula is C23H33N2O7PS. The first-order valence-electron chi connectivity index (χ1n) is 11.0. The van der Waals surface area contributed by atoms with Gasteiger partial charge in [0.25, 0.3) is 0 Å². The molecular weight excluding hydrogens is 479 g/mol. The molecule has 0 fully saturated rings.